The first-order chi connectivity index (χ1) is 9.31. The number of hydrogen-bond donors (Lipinski definition) is 1. The summed E-state index contributed by atoms with van der Waals surface area (Å²) in [6.07, 6.45) is 15.4. The van der Waals surface area contributed by atoms with E-state index in [-0.39, 0.29) is 12.1 Å². The zero-order valence-electron chi connectivity index (χ0n) is 14.2. The second-order valence-electron chi connectivity index (χ2n) is 5.51. The highest BCUT2D eigenvalue weighted by molar-refractivity contribution is 5.69. The number of unbranched alkanes of at least 4 members (excludes halogenated alkanes) is 10. The molecule has 0 unspecified atom stereocenters. The van der Waals surface area contributed by atoms with E-state index in [4.69, 9.17) is 4.74 Å². The van der Waals surface area contributed by atoms with Gasteiger partial charge in [0.05, 0.1) is 6.61 Å². The highest BCUT2D eigenvalue weighted by Gasteiger charge is 2.02. The van der Waals surface area contributed by atoms with E-state index in [1.54, 1.807) is 0 Å². The van der Waals surface area contributed by atoms with Gasteiger partial charge in [-0.05, 0) is 12.8 Å². The van der Waals surface area contributed by atoms with Crippen molar-refractivity contribution >= 4 is 5.97 Å². The fourth-order valence-electron chi connectivity index (χ4n) is 2.19. The lowest BCUT2D eigenvalue weighted by molar-refractivity contribution is -0.143. The lowest BCUT2D eigenvalue weighted by atomic mass is 10.1. The Labute approximate surface area is 126 Å². The minimum Gasteiger partial charge on any atom is -0.466 e. The van der Waals surface area contributed by atoms with Crippen LogP contribution in [0, 0.1) is 0 Å². The summed E-state index contributed by atoms with van der Waals surface area (Å²) >= 11 is 0. The average molecular weight is 288 g/mol. The molecule has 0 aromatic rings. The molecule has 0 rings (SSSR count). The van der Waals surface area contributed by atoms with Gasteiger partial charge in [0.25, 0.3) is 0 Å². The van der Waals surface area contributed by atoms with Gasteiger partial charge in [0, 0.05) is 6.42 Å². The molecule has 0 aromatic carbocycles. The lowest BCUT2D eigenvalue weighted by Crippen LogP contribution is -2.05. The number of carbonyl (C=O) groups excluding carboxylic acids is 1. The van der Waals surface area contributed by atoms with Crippen molar-refractivity contribution in [1.29, 1.82) is 0 Å². The Morgan fingerprint density at radius 1 is 0.700 bits per heavy atom. The maximum absolute atomic E-state index is 11.4. The van der Waals surface area contributed by atoms with Crippen LogP contribution < -0.4 is 6.15 Å². The third-order valence-corrected chi connectivity index (χ3v) is 3.50. The van der Waals surface area contributed by atoms with Crippen LogP contribution in [0.3, 0.4) is 0 Å². The van der Waals surface area contributed by atoms with E-state index in [0.29, 0.717) is 13.0 Å². The number of ether oxygens (including phenoxy) is 1. The van der Waals surface area contributed by atoms with E-state index in [0.717, 1.165) is 12.8 Å². The predicted molar refractivity (Wildman–Crippen MR) is 88.3 cm³/mol. The number of hydrogen-bond acceptors (Lipinski definition) is 2. The van der Waals surface area contributed by atoms with E-state index in [2.05, 4.69) is 13.8 Å². The van der Waals surface area contributed by atoms with Crippen molar-refractivity contribution in [3.05, 3.63) is 0 Å². The summed E-state index contributed by atoms with van der Waals surface area (Å²) in [5.74, 6) is 0.00230. The third kappa shape index (κ3) is 17.4. The van der Waals surface area contributed by atoms with Gasteiger partial charge in [-0.2, -0.15) is 0 Å². The van der Waals surface area contributed by atoms with Gasteiger partial charge in [-0.1, -0.05) is 78.1 Å². The molecular formula is C17H38NO2+. The van der Waals surface area contributed by atoms with Crippen LogP contribution in [0.2, 0.25) is 0 Å². The SMILES string of the molecule is CCCCCCCCCOC(=O)CCCCCCC.[NH4+]. The maximum atomic E-state index is 11.4. The zero-order chi connectivity index (χ0) is 14.2. The minimum absolute atomic E-state index is 0. The van der Waals surface area contributed by atoms with Gasteiger partial charge in [0.15, 0.2) is 0 Å². The summed E-state index contributed by atoms with van der Waals surface area (Å²) in [4.78, 5) is 11.4. The number of carbonyl (C=O) groups is 1. The minimum atomic E-state index is 0. The monoisotopic (exact) mass is 288 g/mol. The van der Waals surface area contributed by atoms with Crippen molar-refractivity contribution in [3.63, 3.8) is 0 Å². The van der Waals surface area contributed by atoms with Crippen LogP contribution in [0.4, 0.5) is 0 Å². The summed E-state index contributed by atoms with van der Waals surface area (Å²) in [6, 6.07) is 0. The molecule has 0 aliphatic carbocycles. The fraction of sp³-hybridized carbons (Fsp3) is 0.941. The van der Waals surface area contributed by atoms with Crippen LogP contribution in [0.1, 0.15) is 97.3 Å². The molecule has 0 spiro atoms. The molecule has 0 aliphatic heterocycles. The molecular weight excluding hydrogens is 250 g/mol. The first kappa shape index (κ1) is 21.7. The molecule has 0 heterocycles. The molecule has 3 nitrogen and oxygen atoms in total. The second-order valence-corrected chi connectivity index (χ2v) is 5.51. The summed E-state index contributed by atoms with van der Waals surface area (Å²) in [7, 11) is 0. The Balaban J connectivity index is 0. The van der Waals surface area contributed by atoms with E-state index in [1.807, 2.05) is 0 Å². The van der Waals surface area contributed by atoms with Gasteiger partial charge < -0.3 is 10.9 Å². The summed E-state index contributed by atoms with van der Waals surface area (Å²) in [6.45, 7) is 5.07. The molecule has 4 N–H and O–H groups in total. The van der Waals surface area contributed by atoms with Crippen molar-refractivity contribution in [1.82, 2.24) is 6.15 Å². The summed E-state index contributed by atoms with van der Waals surface area (Å²) < 4.78 is 5.24. The van der Waals surface area contributed by atoms with Gasteiger partial charge in [-0.15, -0.1) is 0 Å². The van der Waals surface area contributed by atoms with E-state index in [9.17, 15) is 4.79 Å². The molecule has 0 fully saturated rings. The molecule has 20 heavy (non-hydrogen) atoms. The van der Waals surface area contributed by atoms with Crippen molar-refractivity contribution in [2.45, 2.75) is 97.3 Å². The first-order valence-electron chi connectivity index (χ1n) is 8.46. The van der Waals surface area contributed by atoms with Crippen molar-refractivity contribution < 1.29 is 9.53 Å². The summed E-state index contributed by atoms with van der Waals surface area (Å²) in [5.41, 5.74) is 0. The number of quaternary nitrogens is 1. The van der Waals surface area contributed by atoms with Crippen molar-refractivity contribution in [2.75, 3.05) is 6.61 Å². The number of rotatable bonds is 14. The molecule has 0 saturated carbocycles. The molecule has 0 aliphatic rings. The Bertz CT molecular complexity index is 195. The Kier molecular flexibility index (Phi) is 20.0. The molecule has 0 aromatic heterocycles. The Morgan fingerprint density at radius 2 is 1.15 bits per heavy atom. The first-order valence-corrected chi connectivity index (χ1v) is 8.46. The van der Waals surface area contributed by atoms with Gasteiger partial charge in [-0.25, -0.2) is 0 Å². The van der Waals surface area contributed by atoms with Crippen molar-refractivity contribution in [3.8, 4) is 0 Å². The van der Waals surface area contributed by atoms with Crippen molar-refractivity contribution in [2.24, 2.45) is 0 Å². The predicted octanol–water partition coefficient (Wildman–Crippen LogP) is 6.02. The summed E-state index contributed by atoms with van der Waals surface area (Å²) in [5, 5.41) is 0. The normalized spacial score (nSPS) is 10.1. The van der Waals surface area contributed by atoms with Crippen LogP contribution in [-0.2, 0) is 9.53 Å². The van der Waals surface area contributed by atoms with Crippen LogP contribution in [-0.4, -0.2) is 12.6 Å². The highest BCUT2D eigenvalue weighted by atomic mass is 16.5. The molecule has 122 valence electrons. The molecule has 3 heteroatoms. The van der Waals surface area contributed by atoms with Gasteiger partial charge in [0.1, 0.15) is 0 Å². The second kappa shape index (κ2) is 18.4. The van der Waals surface area contributed by atoms with Crippen LogP contribution in [0.5, 0.6) is 0 Å². The van der Waals surface area contributed by atoms with Gasteiger partial charge in [-0.3, -0.25) is 4.79 Å². The van der Waals surface area contributed by atoms with Crippen LogP contribution in [0.15, 0.2) is 0 Å². The van der Waals surface area contributed by atoms with E-state index >= 15 is 0 Å². The molecule has 0 saturated heterocycles. The fourth-order valence-corrected chi connectivity index (χ4v) is 2.19. The number of esters is 1. The topological polar surface area (TPSA) is 62.8 Å². The van der Waals surface area contributed by atoms with Crippen LogP contribution >= 0.6 is 0 Å². The standard InChI is InChI=1S/C17H34O2.H3N/c1-3-5-7-9-10-12-14-16-19-17(18)15-13-11-8-6-4-2;/h3-16H2,1-2H3;1H3/p+1. The maximum Gasteiger partial charge on any atom is 0.305 e. The highest BCUT2D eigenvalue weighted by Crippen LogP contribution is 2.08. The molecule has 0 bridgehead atoms. The zero-order valence-corrected chi connectivity index (χ0v) is 14.2. The van der Waals surface area contributed by atoms with E-state index in [1.165, 1.54) is 64.2 Å². The van der Waals surface area contributed by atoms with Gasteiger partial charge >= 0.3 is 5.97 Å². The third-order valence-electron chi connectivity index (χ3n) is 3.50. The largest absolute Gasteiger partial charge is 0.466 e. The Hall–Kier alpha value is -0.570. The Morgan fingerprint density at radius 3 is 1.70 bits per heavy atom. The molecule has 0 radical (unpaired) electrons. The average Bonchev–Trinajstić information content (AvgIpc) is 2.41. The van der Waals surface area contributed by atoms with Crippen LogP contribution in [0.25, 0.3) is 0 Å². The van der Waals surface area contributed by atoms with E-state index < -0.39 is 0 Å². The molecule has 0 amide bonds. The quantitative estimate of drug-likeness (QED) is 0.314. The lowest BCUT2D eigenvalue weighted by Gasteiger charge is -2.05. The molecule has 0 atom stereocenters. The smallest absolute Gasteiger partial charge is 0.305 e. The van der Waals surface area contributed by atoms with Gasteiger partial charge in [0.2, 0.25) is 0 Å².